The van der Waals surface area contributed by atoms with Crippen molar-refractivity contribution in [3.8, 4) is 11.5 Å². The van der Waals surface area contributed by atoms with Crippen LogP contribution in [0.1, 0.15) is 36.1 Å². The van der Waals surface area contributed by atoms with Crippen LogP contribution in [0.15, 0.2) is 36.4 Å². The minimum Gasteiger partial charge on any atom is -0.508 e. The van der Waals surface area contributed by atoms with Crippen LogP contribution in [0.2, 0.25) is 0 Å². The van der Waals surface area contributed by atoms with Crippen LogP contribution in [-0.2, 0) is 17.8 Å². The molecule has 0 amide bonds. The third-order valence-electron chi connectivity index (χ3n) is 4.26. The summed E-state index contributed by atoms with van der Waals surface area (Å²) in [5, 5.41) is 13.4. The highest BCUT2D eigenvalue weighted by Crippen LogP contribution is 2.30. The molecule has 0 radical (unpaired) electrons. The maximum Gasteiger partial charge on any atom is 0.189 e. The van der Waals surface area contributed by atoms with Crippen LogP contribution in [0.4, 0.5) is 4.39 Å². The number of phenolic OH excluding ortho intramolecular Hbond substituents is 1. The molecular formula is C19H22FNO3. The van der Waals surface area contributed by atoms with Crippen LogP contribution in [0.3, 0.4) is 0 Å². The van der Waals surface area contributed by atoms with Gasteiger partial charge in [0.1, 0.15) is 17.3 Å². The molecule has 0 unspecified atom stereocenters. The Labute approximate surface area is 141 Å². The van der Waals surface area contributed by atoms with E-state index in [1.807, 2.05) is 18.2 Å². The van der Waals surface area contributed by atoms with Crippen LogP contribution in [0, 0.1) is 5.82 Å². The summed E-state index contributed by atoms with van der Waals surface area (Å²) in [5.74, 6) is 0.756. The number of hydrogen-bond acceptors (Lipinski definition) is 4. The van der Waals surface area contributed by atoms with E-state index in [0.29, 0.717) is 25.3 Å². The van der Waals surface area contributed by atoms with E-state index in [4.69, 9.17) is 9.47 Å². The fourth-order valence-electron chi connectivity index (χ4n) is 3.08. The van der Waals surface area contributed by atoms with Gasteiger partial charge >= 0.3 is 0 Å². The number of ether oxygens (including phenoxy) is 2. The summed E-state index contributed by atoms with van der Waals surface area (Å²) >= 11 is 0. The lowest BCUT2D eigenvalue weighted by atomic mass is 10.0. The molecule has 1 aliphatic rings. The number of fused-ring (bicyclic) bond motifs is 1. The van der Waals surface area contributed by atoms with Crippen LogP contribution in [0.25, 0.3) is 0 Å². The Hall–Kier alpha value is -2.11. The van der Waals surface area contributed by atoms with Crippen molar-refractivity contribution < 1.29 is 19.0 Å². The number of benzene rings is 2. The van der Waals surface area contributed by atoms with E-state index in [1.165, 1.54) is 12.1 Å². The first-order chi connectivity index (χ1) is 11.7. The van der Waals surface area contributed by atoms with Gasteiger partial charge in [0.25, 0.3) is 0 Å². The Bertz CT molecular complexity index is 705. The van der Waals surface area contributed by atoms with Crippen molar-refractivity contribution in [1.29, 1.82) is 0 Å². The smallest absolute Gasteiger partial charge is 0.189 e. The molecule has 4 nitrogen and oxygen atoms in total. The fraction of sp³-hybridized carbons (Fsp3) is 0.368. The van der Waals surface area contributed by atoms with Gasteiger partial charge in [-0.3, -0.25) is 0 Å². The average molecular weight is 331 g/mol. The first-order valence-corrected chi connectivity index (χ1v) is 8.22. The van der Waals surface area contributed by atoms with Crippen molar-refractivity contribution in [2.45, 2.75) is 32.4 Å². The van der Waals surface area contributed by atoms with E-state index < -0.39 is 0 Å². The van der Waals surface area contributed by atoms with Crippen molar-refractivity contribution in [2.24, 2.45) is 0 Å². The SMILES string of the molecule is CC[C@H](NCCc1cc(F)cc2c1OCOC2)c1ccccc1O. The van der Waals surface area contributed by atoms with Gasteiger partial charge in [0, 0.05) is 17.2 Å². The second-order valence-corrected chi connectivity index (χ2v) is 5.89. The molecule has 3 rings (SSSR count). The lowest BCUT2D eigenvalue weighted by molar-refractivity contribution is -0.0172. The number of rotatable bonds is 6. The summed E-state index contributed by atoms with van der Waals surface area (Å²) in [4.78, 5) is 0. The van der Waals surface area contributed by atoms with Crippen molar-refractivity contribution in [1.82, 2.24) is 5.32 Å². The van der Waals surface area contributed by atoms with Gasteiger partial charge in [-0.25, -0.2) is 4.39 Å². The van der Waals surface area contributed by atoms with Crippen LogP contribution < -0.4 is 10.1 Å². The molecule has 1 atom stereocenters. The minimum absolute atomic E-state index is 0.0554. The monoisotopic (exact) mass is 331 g/mol. The van der Waals surface area contributed by atoms with E-state index in [9.17, 15) is 9.50 Å². The topological polar surface area (TPSA) is 50.7 Å². The molecule has 2 aromatic carbocycles. The molecule has 1 aliphatic heterocycles. The molecule has 0 spiro atoms. The molecule has 0 bridgehead atoms. The number of halogens is 1. The minimum atomic E-state index is -0.273. The molecule has 2 N–H and O–H groups in total. The van der Waals surface area contributed by atoms with Gasteiger partial charge in [0.15, 0.2) is 6.79 Å². The molecular weight excluding hydrogens is 309 g/mol. The zero-order valence-electron chi connectivity index (χ0n) is 13.7. The van der Waals surface area contributed by atoms with Crippen LogP contribution in [-0.4, -0.2) is 18.4 Å². The number of phenols is 1. The fourth-order valence-corrected chi connectivity index (χ4v) is 3.08. The maximum atomic E-state index is 13.8. The largest absolute Gasteiger partial charge is 0.508 e. The van der Waals surface area contributed by atoms with Crippen molar-refractivity contribution in [3.05, 3.63) is 58.9 Å². The summed E-state index contributed by atoms with van der Waals surface area (Å²) in [6, 6.07) is 10.4. The highest BCUT2D eigenvalue weighted by molar-refractivity contribution is 5.43. The molecule has 0 aromatic heterocycles. The standard InChI is InChI=1S/C19H22FNO3/c1-2-17(16-5-3-4-6-18(16)22)21-8-7-13-9-15(20)10-14-11-23-12-24-19(13)14/h3-6,9-10,17,21-22H,2,7-8,11-12H2,1H3/t17-/m0/s1. The zero-order valence-corrected chi connectivity index (χ0v) is 13.7. The van der Waals surface area contributed by atoms with Crippen molar-refractivity contribution in [3.63, 3.8) is 0 Å². The molecule has 0 saturated heterocycles. The van der Waals surface area contributed by atoms with Gasteiger partial charge in [-0.2, -0.15) is 0 Å². The Kier molecular flexibility index (Phi) is 5.33. The van der Waals surface area contributed by atoms with Crippen molar-refractivity contribution in [2.75, 3.05) is 13.3 Å². The highest BCUT2D eigenvalue weighted by atomic mass is 19.1. The molecule has 0 fully saturated rings. The summed E-state index contributed by atoms with van der Waals surface area (Å²) < 4.78 is 24.5. The Morgan fingerprint density at radius 2 is 2.12 bits per heavy atom. The molecule has 2 aromatic rings. The molecule has 0 aliphatic carbocycles. The van der Waals surface area contributed by atoms with E-state index in [0.717, 1.165) is 28.9 Å². The van der Waals surface area contributed by atoms with Crippen LogP contribution in [0.5, 0.6) is 11.5 Å². The second-order valence-electron chi connectivity index (χ2n) is 5.89. The Morgan fingerprint density at radius 3 is 2.92 bits per heavy atom. The normalized spacial score (nSPS) is 14.8. The second kappa shape index (κ2) is 7.64. The van der Waals surface area contributed by atoms with Crippen LogP contribution >= 0.6 is 0 Å². The summed E-state index contributed by atoms with van der Waals surface area (Å²) in [6.07, 6.45) is 1.49. The molecule has 1 heterocycles. The molecule has 128 valence electrons. The van der Waals surface area contributed by atoms with Gasteiger partial charge in [-0.05, 0) is 43.1 Å². The first-order valence-electron chi connectivity index (χ1n) is 8.22. The van der Waals surface area contributed by atoms with Crippen molar-refractivity contribution >= 4 is 0 Å². The van der Waals surface area contributed by atoms with Gasteiger partial charge in [-0.1, -0.05) is 25.1 Å². The third-order valence-corrected chi connectivity index (χ3v) is 4.26. The lowest BCUT2D eigenvalue weighted by Gasteiger charge is -2.22. The maximum absolute atomic E-state index is 13.8. The zero-order chi connectivity index (χ0) is 16.9. The highest BCUT2D eigenvalue weighted by Gasteiger charge is 2.18. The molecule has 24 heavy (non-hydrogen) atoms. The van der Waals surface area contributed by atoms with E-state index in [-0.39, 0.29) is 18.7 Å². The molecule has 5 heteroatoms. The number of aromatic hydroxyl groups is 1. The van der Waals surface area contributed by atoms with Gasteiger partial charge in [-0.15, -0.1) is 0 Å². The van der Waals surface area contributed by atoms with Gasteiger partial charge < -0.3 is 19.9 Å². The van der Waals surface area contributed by atoms with E-state index in [2.05, 4.69) is 12.2 Å². The predicted molar refractivity (Wildman–Crippen MR) is 89.5 cm³/mol. The lowest BCUT2D eigenvalue weighted by Crippen LogP contribution is -2.24. The summed E-state index contributed by atoms with van der Waals surface area (Å²) in [7, 11) is 0. The molecule has 0 saturated carbocycles. The predicted octanol–water partition coefficient (Wildman–Crippen LogP) is 3.68. The van der Waals surface area contributed by atoms with E-state index >= 15 is 0 Å². The number of nitrogens with one attached hydrogen (secondary N) is 1. The Balaban J connectivity index is 1.68. The first kappa shape index (κ1) is 16.7. The van der Waals surface area contributed by atoms with Gasteiger partial charge in [0.2, 0.25) is 0 Å². The quantitative estimate of drug-likeness (QED) is 0.848. The third kappa shape index (κ3) is 3.68. The van der Waals surface area contributed by atoms with Gasteiger partial charge in [0.05, 0.1) is 6.61 Å². The number of para-hydroxylation sites is 1. The summed E-state index contributed by atoms with van der Waals surface area (Å²) in [6.45, 7) is 3.30. The summed E-state index contributed by atoms with van der Waals surface area (Å²) in [5.41, 5.74) is 2.47. The van der Waals surface area contributed by atoms with E-state index in [1.54, 1.807) is 6.07 Å². The number of hydrogen-bond donors (Lipinski definition) is 2. The Morgan fingerprint density at radius 1 is 1.29 bits per heavy atom. The average Bonchev–Trinajstić information content (AvgIpc) is 2.59.